The Labute approximate surface area is 126 Å². The van der Waals surface area contributed by atoms with Crippen molar-refractivity contribution in [3.63, 3.8) is 0 Å². The smallest absolute Gasteiger partial charge is 0.319 e. The van der Waals surface area contributed by atoms with E-state index in [0.29, 0.717) is 5.69 Å². The highest BCUT2D eigenvalue weighted by molar-refractivity contribution is 5.90. The van der Waals surface area contributed by atoms with Crippen LogP contribution in [0.4, 0.5) is 10.5 Å². The van der Waals surface area contributed by atoms with Gasteiger partial charge in [-0.2, -0.15) is 0 Å². The van der Waals surface area contributed by atoms with Crippen molar-refractivity contribution in [2.75, 3.05) is 32.0 Å². The average Bonchev–Trinajstić information content (AvgIpc) is 2.78. The summed E-state index contributed by atoms with van der Waals surface area (Å²) in [5.41, 5.74) is 1.57. The number of benzene rings is 1. The van der Waals surface area contributed by atoms with E-state index in [4.69, 9.17) is 0 Å². The Morgan fingerprint density at radius 3 is 2.62 bits per heavy atom. The number of urea groups is 1. The third kappa shape index (κ3) is 4.11. The maximum absolute atomic E-state index is 11.3. The zero-order valence-corrected chi connectivity index (χ0v) is 13.0. The summed E-state index contributed by atoms with van der Waals surface area (Å²) in [5, 5.41) is 14.9. The number of anilines is 1. The minimum absolute atomic E-state index is 0.0887. The van der Waals surface area contributed by atoms with Crippen LogP contribution in [0.25, 0.3) is 0 Å². The first-order chi connectivity index (χ1) is 9.99. The summed E-state index contributed by atoms with van der Waals surface area (Å²) in [4.78, 5) is 13.8. The van der Waals surface area contributed by atoms with Crippen molar-refractivity contribution in [2.24, 2.45) is 11.8 Å². The van der Waals surface area contributed by atoms with Crippen molar-refractivity contribution < 1.29 is 9.90 Å². The fourth-order valence-corrected chi connectivity index (χ4v) is 2.74. The van der Waals surface area contributed by atoms with Crippen LogP contribution in [0.15, 0.2) is 18.2 Å². The Kier molecular flexibility index (Phi) is 5.07. The third-order valence-corrected chi connectivity index (χ3v) is 4.32. The Hall–Kier alpha value is -1.75. The second kappa shape index (κ2) is 6.80. The molecule has 3 N–H and O–H groups in total. The molecule has 2 amide bonds. The van der Waals surface area contributed by atoms with Gasteiger partial charge in [0.15, 0.2) is 0 Å². The Balaban J connectivity index is 1.94. The van der Waals surface area contributed by atoms with Crippen LogP contribution in [0.3, 0.4) is 0 Å². The van der Waals surface area contributed by atoms with E-state index in [2.05, 4.69) is 29.4 Å². The van der Waals surface area contributed by atoms with Gasteiger partial charge in [0, 0.05) is 26.7 Å². The van der Waals surface area contributed by atoms with E-state index in [0.717, 1.165) is 43.5 Å². The second-order valence-electron chi connectivity index (χ2n) is 6.02. The molecule has 0 aromatic heterocycles. The summed E-state index contributed by atoms with van der Waals surface area (Å²) < 4.78 is 0. The molecule has 2 atom stereocenters. The predicted octanol–water partition coefficient (Wildman–Crippen LogP) is 2.27. The van der Waals surface area contributed by atoms with Gasteiger partial charge in [0.2, 0.25) is 0 Å². The van der Waals surface area contributed by atoms with E-state index in [9.17, 15) is 9.90 Å². The molecule has 5 nitrogen and oxygen atoms in total. The number of aromatic hydroxyl groups is 1. The highest BCUT2D eigenvalue weighted by Gasteiger charge is 2.25. The molecule has 5 heteroatoms. The topological polar surface area (TPSA) is 64.6 Å². The Bertz CT molecular complexity index is 494. The summed E-state index contributed by atoms with van der Waals surface area (Å²) in [6.45, 7) is 7.93. The Morgan fingerprint density at radius 1 is 1.33 bits per heavy atom. The van der Waals surface area contributed by atoms with Crippen molar-refractivity contribution in [3.8, 4) is 5.75 Å². The zero-order chi connectivity index (χ0) is 15.4. The van der Waals surface area contributed by atoms with Gasteiger partial charge >= 0.3 is 6.03 Å². The summed E-state index contributed by atoms with van der Waals surface area (Å²) in [6, 6.07) is 5.06. The van der Waals surface area contributed by atoms with Gasteiger partial charge in [-0.15, -0.1) is 0 Å². The largest absolute Gasteiger partial charge is 0.506 e. The number of hydrogen-bond acceptors (Lipinski definition) is 3. The number of likely N-dealkylation sites (tertiary alicyclic amines) is 1. The SMILES string of the molecule is CNC(=O)Nc1cc(CCN2CC(C)C(C)C2)ccc1O. The highest BCUT2D eigenvalue weighted by atomic mass is 16.3. The van der Waals surface area contributed by atoms with Crippen LogP contribution in [-0.2, 0) is 6.42 Å². The number of phenols is 1. The predicted molar refractivity (Wildman–Crippen MR) is 84.7 cm³/mol. The fraction of sp³-hybridized carbons (Fsp3) is 0.562. The minimum atomic E-state index is -0.329. The van der Waals surface area contributed by atoms with Crippen LogP contribution in [-0.4, -0.2) is 42.7 Å². The summed E-state index contributed by atoms with van der Waals surface area (Å²) in [5.74, 6) is 1.61. The molecule has 1 heterocycles. The third-order valence-electron chi connectivity index (χ3n) is 4.32. The highest BCUT2D eigenvalue weighted by Crippen LogP contribution is 2.26. The van der Waals surface area contributed by atoms with E-state index in [1.165, 1.54) is 0 Å². The van der Waals surface area contributed by atoms with Gasteiger partial charge in [-0.3, -0.25) is 0 Å². The molecule has 1 aromatic carbocycles. The number of rotatable bonds is 4. The normalized spacial score (nSPS) is 22.2. The maximum Gasteiger partial charge on any atom is 0.319 e. The molecule has 1 saturated heterocycles. The number of carbonyl (C=O) groups excluding carboxylic acids is 1. The van der Waals surface area contributed by atoms with Crippen LogP contribution < -0.4 is 10.6 Å². The second-order valence-corrected chi connectivity index (χ2v) is 6.02. The summed E-state index contributed by atoms with van der Waals surface area (Å²) in [7, 11) is 1.55. The van der Waals surface area contributed by atoms with Crippen molar-refractivity contribution in [2.45, 2.75) is 20.3 Å². The van der Waals surface area contributed by atoms with Crippen molar-refractivity contribution >= 4 is 11.7 Å². The molecule has 2 unspecified atom stereocenters. The van der Waals surface area contributed by atoms with Crippen molar-refractivity contribution in [1.29, 1.82) is 0 Å². The zero-order valence-electron chi connectivity index (χ0n) is 13.0. The molecule has 21 heavy (non-hydrogen) atoms. The number of nitrogens with one attached hydrogen (secondary N) is 2. The van der Waals surface area contributed by atoms with Crippen LogP contribution in [0, 0.1) is 11.8 Å². The average molecular weight is 291 g/mol. The summed E-state index contributed by atoms with van der Waals surface area (Å²) >= 11 is 0. The standard InChI is InChI=1S/C16H25N3O2/c1-11-9-19(10-12(11)2)7-6-13-4-5-15(20)14(8-13)18-16(21)17-3/h4-5,8,11-12,20H,6-7,9-10H2,1-3H3,(H2,17,18,21). The first-order valence-corrected chi connectivity index (χ1v) is 7.52. The molecule has 1 aromatic rings. The molecule has 2 rings (SSSR count). The molecule has 0 aliphatic carbocycles. The molecular formula is C16H25N3O2. The molecular weight excluding hydrogens is 266 g/mol. The van der Waals surface area contributed by atoms with E-state index >= 15 is 0 Å². The van der Waals surface area contributed by atoms with Crippen LogP contribution >= 0.6 is 0 Å². The lowest BCUT2D eigenvalue weighted by Crippen LogP contribution is -2.25. The van der Waals surface area contributed by atoms with Crippen molar-refractivity contribution in [3.05, 3.63) is 23.8 Å². The molecule has 116 valence electrons. The van der Waals surface area contributed by atoms with Gasteiger partial charge in [0.1, 0.15) is 5.75 Å². The van der Waals surface area contributed by atoms with Gasteiger partial charge in [-0.25, -0.2) is 4.79 Å². The van der Waals surface area contributed by atoms with Gasteiger partial charge < -0.3 is 20.6 Å². The molecule has 1 aliphatic rings. The van der Waals surface area contributed by atoms with Crippen molar-refractivity contribution in [1.82, 2.24) is 10.2 Å². The molecule has 0 bridgehead atoms. The number of phenolic OH excluding ortho intramolecular Hbond substituents is 1. The molecule has 0 spiro atoms. The quantitative estimate of drug-likeness (QED) is 0.746. The van der Waals surface area contributed by atoms with Crippen LogP contribution in [0.5, 0.6) is 5.75 Å². The van der Waals surface area contributed by atoms with E-state index in [1.54, 1.807) is 13.1 Å². The maximum atomic E-state index is 11.3. The molecule has 1 fully saturated rings. The number of hydrogen-bond donors (Lipinski definition) is 3. The molecule has 1 aliphatic heterocycles. The first kappa shape index (κ1) is 15.6. The van der Waals surface area contributed by atoms with Gasteiger partial charge in [0.25, 0.3) is 0 Å². The minimum Gasteiger partial charge on any atom is -0.506 e. The number of carbonyl (C=O) groups is 1. The fourth-order valence-electron chi connectivity index (χ4n) is 2.74. The van der Waals surface area contributed by atoms with E-state index in [-0.39, 0.29) is 11.8 Å². The van der Waals surface area contributed by atoms with E-state index < -0.39 is 0 Å². The van der Waals surface area contributed by atoms with Gasteiger partial charge in [-0.1, -0.05) is 19.9 Å². The van der Waals surface area contributed by atoms with Crippen LogP contribution in [0.2, 0.25) is 0 Å². The number of amides is 2. The van der Waals surface area contributed by atoms with Gasteiger partial charge in [0.05, 0.1) is 5.69 Å². The monoisotopic (exact) mass is 291 g/mol. The van der Waals surface area contributed by atoms with Gasteiger partial charge in [-0.05, 0) is 36.0 Å². The summed E-state index contributed by atoms with van der Waals surface area (Å²) in [6.07, 6.45) is 0.919. The first-order valence-electron chi connectivity index (χ1n) is 7.52. The van der Waals surface area contributed by atoms with E-state index in [1.807, 2.05) is 12.1 Å². The van der Waals surface area contributed by atoms with Crippen LogP contribution in [0.1, 0.15) is 19.4 Å². The lowest BCUT2D eigenvalue weighted by molar-refractivity contribution is 0.254. The molecule has 0 saturated carbocycles. The Morgan fingerprint density at radius 2 is 2.00 bits per heavy atom. The number of nitrogens with zero attached hydrogens (tertiary/aromatic N) is 1. The lowest BCUT2D eigenvalue weighted by atomic mass is 10.0. The lowest BCUT2D eigenvalue weighted by Gasteiger charge is -2.16. The molecule has 0 radical (unpaired) electrons.